The van der Waals surface area contributed by atoms with Crippen molar-refractivity contribution in [3.05, 3.63) is 120 Å². The number of benzene rings is 4. The van der Waals surface area contributed by atoms with Crippen molar-refractivity contribution in [1.82, 2.24) is 9.55 Å². The smallest absolute Gasteiger partial charge is 0.307 e. The first kappa shape index (κ1) is 26.1. The predicted octanol–water partition coefficient (Wildman–Crippen LogP) is 9.42. The van der Waals surface area contributed by atoms with Gasteiger partial charge in [0.05, 0.1) is 39.5 Å². The van der Waals surface area contributed by atoms with Gasteiger partial charge in [-0.2, -0.15) is 31.6 Å². The zero-order chi connectivity index (χ0) is 28.9. The molecule has 0 radical (unpaired) electrons. The molecule has 2 heterocycles. The van der Waals surface area contributed by atoms with E-state index in [0.717, 1.165) is 16.7 Å². The van der Waals surface area contributed by atoms with E-state index in [2.05, 4.69) is 11.1 Å². The first-order valence-corrected chi connectivity index (χ1v) is 12.3. The fraction of sp³-hybridized carbons (Fsp3) is 0.0625. The Kier molecular flexibility index (Phi) is 6.07. The van der Waals surface area contributed by atoms with Gasteiger partial charge in [0.1, 0.15) is 0 Å². The molecule has 0 aliphatic rings. The van der Waals surface area contributed by atoms with Crippen molar-refractivity contribution in [3.8, 4) is 34.0 Å². The summed E-state index contributed by atoms with van der Waals surface area (Å²) in [6.45, 7) is 0. The molecule has 0 saturated heterocycles. The highest BCUT2D eigenvalue weighted by Gasteiger charge is 2.38. The van der Waals surface area contributed by atoms with Crippen molar-refractivity contribution in [2.75, 3.05) is 0 Å². The number of aromatic nitrogens is 2. The van der Waals surface area contributed by atoms with Crippen LogP contribution in [0, 0.1) is 11.3 Å². The van der Waals surface area contributed by atoms with Gasteiger partial charge in [-0.05, 0) is 47.5 Å². The fourth-order valence-corrected chi connectivity index (χ4v) is 5.30. The number of fused-ring (bicyclic) bond motifs is 3. The molecule has 0 amide bonds. The van der Waals surface area contributed by atoms with Crippen molar-refractivity contribution in [1.29, 1.82) is 5.26 Å². The summed E-state index contributed by atoms with van der Waals surface area (Å²) in [5.74, 6) is 0. The third-order valence-electron chi connectivity index (χ3n) is 6.99. The third kappa shape index (κ3) is 4.38. The van der Waals surface area contributed by atoms with Crippen LogP contribution in [0.4, 0.5) is 26.3 Å². The largest absolute Gasteiger partial charge is 0.418 e. The van der Waals surface area contributed by atoms with Crippen molar-refractivity contribution in [2.45, 2.75) is 12.4 Å². The summed E-state index contributed by atoms with van der Waals surface area (Å²) in [5.41, 5.74) is -1.01. The topological polar surface area (TPSA) is 41.6 Å². The summed E-state index contributed by atoms with van der Waals surface area (Å²) in [7, 11) is 0. The molecular weight excluding hydrogens is 540 g/mol. The lowest BCUT2D eigenvalue weighted by Crippen LogP contribution is -2.11. The highest BCUT2D eigenvalue weighted by molar-refractivity contribution is 6.12. The fourth-order valence-electron chi connectivity index (χ4n) is 5.30. The molecule has 4 aromatic carbocycles. The van der Waals surface area contributed by atoms with Gasteiger partial charge in [0.15, 0.2) is 0 Å². The second-order valence-corrected chi connectivity index (χ2v) is 9.36. The van der Waals surface area contributed by atoms with Crippen LogP contribution in [-0.2, 0) is 12.4 Å². The van der Waals surface area contributed by atoms with Crippen LogP contribution in [0.5, 0.6) is 0 Å². The number of para-hydroxylation sites is 2. The van der Waals surface area contributed by atoms with Crippen LogP contribution in [0.15, 0.2) is 103 Å². The Bertz CT molecular complexity index is 1890. The minimum Gasteiger partial charge on any atom is -0.307 e. The molecule has 9 heteroatoms. The van der Waals surface area contributed by atoms with E-state index in [-0.39, 0.29) is 22.0 Å². The van der Waals surface area contributed by atoms with E-state index in [1.807, 2.05) is 0 Å². The van der Waals surface area contributed by atoms with Gasteiger partial charge >= 0.3 is 12.4 Å². The summed E-state index contributed by atoms with van der Waals surface area (Å²) >= 11 is 0. The molecule has 2 aromatic heterocycles. The molecule has 202 valence electrons. The molecule has 0 aliphatic heterocycles. The van der Waals surface area contributed by atoms with Crippen molar-refractivity contribution < 1.29 is 26.3 Å². The van der Waals surface area contributed by atoms with E-state index in [9.17, 15) is 31.6 Å². The summed E-state index contributed by atoms with van der Waals surface area (Å²) < 4.78 is 87.9. The minimum absolute atomic E-state index is 0.0229. The molecule has 3 nitrogen and oxygen atoms in total. The minimum atomic E-state index is -4.86. The zero-order valence-corrected chi connectivity index (χ0v) is 20.9. The van der Waals surface area contributed by atoms with Crippen molar-refractivity contribution in [2.24, 2.45) is 0 Å². The molecule has 0 aliphatic carbocycles. The van der Waals surface area contributed by atoms with Crippen LogP contribution in [0.3, 0.4) is 0 Å². The SMILES string of the molecule is N#Cc1cc(-c2ccccc2)c(-n2c3c(C(F)(F)F)cccc3c3cccc(C(F)(F)F)c32)cc1-c1ccncc1. The Morgan fingerprint density at radius 3 is 1.66 bits per heavy atom. The summed E-state index contributed by atoms with van der Waals surface area (Å²) in [4.78, 5) is 3.98. The van der Waals surface area contributed by atoms with Crippen molar-refractivity contribution in [3.63, 3.8) is 0 Å². The van der Waals surface area contributed by atoms with Gasteiger partial charge in [0.2, 0.25) is 0 Å². The maximum Gasteiger partial charge on any atom is 0.418 e. The molecule has 41 heavy (non-hydrogen) atoms. The molecule has 6 aromatic rings. The Hall–Kier alpha value is -5.10. The molecule has 0 unspecified atom stereocenters. The number of rotatable bonds is 3. The van der Waals surface area contributed by atoms with Crippen LogP contribution >= 0.6 is 0 Å². The van der Waals surface area contributed by atoms with E-state index in [1.165, 1.54) is 48.8 Å². The molecular formula is C32H17F6N3. The average molecular weight is 557 g/mol. The summed E-state index contributed by atoms with van der Waals surface area (Å²) in [5, 5.41) is 10.1. The van der Waals surface area contributed by atoms with Gasteiger partial charge in [-0.15, -0.1) is 0 Å². The lowest BCUT2D eigenvalue weighted by atomic mass is 9.93. The summed E-state index contributed by atoms with van der Waals surface area (Å²) in [6.07, 6.45) is -6.74. The third-order valence-corrected chi connectivity index (χ3v) is 6.99. The van der Waals surface area contributed by atoms with Crippen LogP contribution in [0.25, 0.3) is 49.7 Å². The molecule has 0 saturated carbocycles. The van der Waals surface area contributed by atoms with E-state index in [1.54, 1.807) is 42.5 Å². The van der Waals surface area contributed by atoms with Crippen LogP contribution in [-0.4, -0.2) is 9.55 Å². The molecule has 6 rings (SSSR count). The average Bonchev–Trinajstić information content (AvgIpc) is 3.30. The van der Waals surface area contributed by atoms with Crippen LogP contribution in [0.1, 0.15) is 16.7 Å². The second kappa shape index (κ2) is 9.52. The molecule has 0 bridgehead atoms. The Morgan fingerprint density at radius 2 is 1.15 bits per heavy atom. The highest BCUT2D eigenvalue weighted by Crippen LogP contribution is 2.46. The monoisotopic (exact) mass is 557 g/mol. The number of nitriles is 1. The highest BCUT2D eigenvalue weighted by atomic mass is 19.4. The molecule has 0 spiro atoms. The first-order chi connectivity index (χ1) is 19.6. The van der Waals surface area contributed by atoms with Gasteiger partial charge in [0.25, 0.3) is 0 Å². The lowest BCUT2D eigenvalue weighted by Gasteiger charge is -2.20. The molecule has 0 N–H and O–H groups in total. The number of hydrogen-bond acceptors (Lipinski definition) is 2. The van der Waals surface area contributed by atoms with Gasteiger partial charge in [-0.3, -0.25) is 4.98 Å². The first-order valence-electron chi connectivity index (χ1n) is 12.3. The van der Waals surface area contributed by atoms with E-state index in [4.69, 9.17) is 0 Å². The van der Waals surface area contributed by atoms with Gasteiger partial charge < -0.3 is 4.57 Å². The second-order valence-electron chi connectivity index (χ2n) is 9.36. The van der Waals surface area contributed by atoms with Gasteiger partial charge in [-0.25, -0.2) is 0 Å². The lowest BCUT2D eigenvalue weighted by molar-refractivity contribution is -0.136. The van der Waals surface area contributed by atoms with Gasteiger partial charge in [-0.1, -0.05) is 54.6 Å². The normalized spacial score (nSPS) is 12.1. The standard InChI is InChI=1S/C32H17F6N3/c33-31(34,35)26-10-4-8-22-23-9-5-11-27(32(36,37)38)30(23)41(29(22)26)28-17-24(20-12-14-40-15-13-20)21(18-39)16-25(28)19-6-2-1-3-7-19/h1-17H. The van der Waals surface area contributed by atoms with E-state index < -0.39 is 34.5 Å². The van der Waals surface area contributed by atoms with Crippen LogP contribution in [0.2, 0.25) is 0 Å². The number of alkyl halides is 6. The maximum absolute atomic E-state index is 14.5. The number of hydrogen-bond donors (Lipinski definition) is 0. The molecule has 0 atom stereocenters. The Morgan fingerprint density at radius 1 is 0.610 bits per heavy atom. The van der Waals surface area contributed by atoms with Crippen LogP contribution < -0.4 is 0 Å². The number of pyridine rings is 1. The number of halogens is 6. The Labute approximate surface area is 229 Å². The maximum atomic E-state index is 14.5. The Balaban J connectivity index is 1.89. The zero-order valence-electron chi connectivity index (χ0n) is 20.9. The summed E-state index contributed by atoms with van der Waals surface area (Å²) in [6, 6.07) is 23.8. The number of nitrogens with zero attached hydrogens (tertiary/aromatic N) is 3. The van der Waals surface area contributed by atoms with E-state index in [0.29, 0.717) is 22.3 Å². The predicted molar refractivity (Wildman–Crippen MR) is 144 cm³/mol. The van der Waals surface area contributed by atoms with E-state index >= 15 is 0 Å². The molecule has 0 fully saturated rings. The van der Waals surface area contributed by atoms with Crippen molar-refractivity contribution >= 4 is 21.8 Å². The quantitative estimate of drug-likeness (QED) is 0.204. The van der Waals surface area contributed by atoms with Gasteiger partial charge in [0, 0.05) is 34.3 Å².